The van der Waals surface area contributed by atoms with Gasteiger partial charge in [-0.15, -0.1) is 0 Å². The van der Waals surface area contributed by atoms with Crippen molar-refractivity contribution >= 4 is 33.2 Å². The van der Waals surface area contributed by atoms with E-state index in [-0.39, 0.29) is 11.7 Å². The van der Waals surface area contributed by atoms with Crippen LogP contribution in [0.5, 0.6) is 5.75 Å². The van der Waals surface area contributed by atoms with E-state index in [1.165, 1.54) is 25.3 Å². The SMILES string of the molecule is COc1cc(N)ccc1C(=O)Nc1ccc(F)cc1Br. The zero-order chi connectivity index (χ0) is 14.7. The minimum atomic E-state index is -0.389. The molecule has 3 N–H and O–H groups in total. The van der Waals surface area contributed by atoms with Gasteiger partial charge < -0.3 is 15.8 Å². The number of amides is 1. The van der Waals surface area contributed by atoms with Gasteiger partial charge in [-0.05, 0) is 46.3 Å². The summed E-state index contributed by atoms with van der Waals surface area (Å²) in [6, 6.07) is 8.75. The summed E-state index contributed by atoms with van der Waals surface area (Å²) in [6.45, 7) is 0. The zero-order valence-electron chi connectivity index (χ0n) is 10.6. The molecule has 20 heavy (non-hydrogen) atoms. The first-order chi connectivity index (χ1) is 9.51. The van der Waals surface area contributed by atoms with Crippen molar-refractivity contribution in [2.75, 3.05) is 18.2 Å². The van der Waals surface area contributed by atoms with Gasteiger partial charge in [0.1, 0.15) is 11.6 Å². The average molecular weight is 339 g/mol. The molecule has 0 fully saturated rings. The topological polar surface area (TPSA) is 64.3 Å². The molecule has 0 aromatic heterocycles. The summed E-state index contributed by atoms with van der Waals surface area (Å²) >= 11 is 3.19. The molecule has 0 aliphatic carbocycles. The van der Waals surface area contributed by atoms with Crippen molar-refractivity contribution in [2.45, 2.75) is 0 Å². The van der Waals surface area contributed by atoms with Gasteiger partial charge in [0, 0.05) is 16.2 Å². The van der Waals surface area contributed by atoms with E-state index in [1.807, 2.05) is 0 Å². The van der Waals surface area contributed by atoms with Crippen LogP contribution in [0.3, 0.4) is 0 Å². The third-order valence-electron chi connectivity index (χ3n) is 2.65. The molecule has 0 spiro atoms. The number of ether oxygens (including phenoxy) is 1. The lowest BCUT2D eigenvalue weighted by molar-refractivity contribution is 0.102. The summed E-state index contributed by atoms with van der Waals surface area (Å²) in [6.07, 6.45) is 0. The number of anilines is 2. The Bertz CT molecular complexity index is 662. The number of methoxy groups -OCH3 is 1. The largest absolute Gasteiger partial charge is 0.496 e. The fourth-order valence-electron chi connectivity index (χ4n) is 1.68. The predicted octanol–water partition coefficient (Wildman–Crippen LogP) is 3.43. The summed E-state index contributed by atoms with van der Waals surface area (Å²) in [5.41, 5.74) is 6.95. The minimum absolute atomic E-state index is 0.345. The number of halogens is 2. The standard InChI is InChI=1S/C14H12BrFN2O2/c1-20-13-7-9(17)3-4-10(13)14(19)18-12-5-2-8(16)6-11(12)15/h2-7H,17H2,1H3,(H,18,19). The average Bonchev–Trinajstić information content (AvgIpc) is 2.41. The van der Waals surface area contributed by atoms with Crippen molar-refractivity contribution in [1.82, 2.24) is 0 Å². The Morgan fingerprint density at radius 3 is 2.70 bits per heavy atom. The summed E-state index contributed by atoms with van der Waals surface area (Å²) < 4.78 is 18.6. The van der Waals surface area contributed by atoms with Gasteiger partial charge in [-0.2, -0.15) is 0 Å². The molecule has 104 valence electrons. The van der Waals surface area contributed by atoms with Crippen LogP contribution in [0.1, 0.15) is 10.4 Å². The lowest BCUT2D eigenvalue weighted by Crippen LogP contribution is -2.13. The number of hydrogen-bond acceptors (Lipinski definition) is 3. The summed E-state index contributed by atoms with van der Waals surface area (Å²) in [4.78, 5) is 12.2. The van der Waals surface area contributed by atoms with Gasteiger partial charge in [-0.25, -0.2) is 4.39 Å². The van der Waals surface area contributed by atoms with Crippen LogP contribution in [0, 0.1) is 5.82 Å². The van der Waals surface area contributed by atoms with Gasteiger partial charge in [-0.3, -0.25) is 4.79 Å². The minimum Gasteiger partial charge on any atom is -0.496 e. The van der Waals surface area contributed by atoms with E-state index in [1.54, 1.807) is 18.2 Å². The molecule has 0 heterocycles. The molecule has 0 saturated carbocycles. The van der Waals surface area contributed by atoms with Crippen molar-refractivity contribution < 1.29 is 13.9 Å². The second-order valence-corrected chi connectivity index (χ2v) is 4.89. The number of nitrogen functional groups attached to an aromatic ring is 1. The normalized spacial score (nSPS) is 10.2. The van der Waals surface area contributed by atoms with E-state index in [0.717, 1.165) is 0 Å². The first-order valence-corrected chi connectivity index (χ1v) is 6.50. The van der Waals surface area contributed by atoms with Crippen LogP contribution in [0.4, 0.5) is 15.8 Å². The second-order valence-electron chi connectivity index (χ2n) is 4.04. The van der Waals surface area contributed by atoms with Crippen LogP contribution >= 0.6 is 15.9 Å². The van der Waals surface area contributed by atoms with Crippen molar-refractivity contribution in [3.63, 3.8) is 0 Å². The van der Waals surface area contributed by atoms with E-state index in [0.29, 0.717) is 27.2 Å². The van der Waals surface area contributed by atoms with Crippen LogP contribution in [0.2, 0.25) is 0 Å². The molecule has 4 nitrogen and oxygen atoms in total. The first-order valence-electron chi connectivity index (χ1n) is 5.71. The Kier molecular flexibility index (Phi) is 4.24. The summed E-state index contributed by atoms with van der Waals surface area (Å²) in [5.74, 6) is -0.380. The highest BCUT2D eigenvalue weighted by atomic mass is 79.9. The Balaban J connectivity index is 2.28. The summed E-state index contributed by atoms with van der Waals surface area (Å²) in [7, 11) is 1.46. The van der Waals surface area contributed by atoms with Crippen molar-refractivity contribution in [1.29, 1.82) is 0 Å². The Morgan fingerprint density at radius 2 is 2.05 bits per heavy atom. The number of carbonyl (C=O) groups is 1. The van der Waals surface area contributed by atoms with Crippen LogP contribution in [-0.2, 0) is 0 Å². The molecule has 0 unspecified atom stereocenters. The lowest BCUT2D eigenvalue weighted by Gasteiger charge is -2.11. The number of hydrogen-bond donors (Lipinski definition) is 2. The van der Waals surface area contributed by atoms with Crippen LogP contribution in [0.15, 0.2) is 40.9 Å². The quantitative estimate of drug-likeness (QED) is 0.842. The van der Waals surface area contributed by atoms with Gasteiger partial charge in [0.2, 0.25) is 0 Å². The molecular formula is C14H12BrFN2O2. The van der Waals surface area contributed by atoms with Crippen molar-refractivity contribution in [3.8, 4) is 5.75 Å². The maximum Gasteiger partial charge on any atom is 0.259 e. The van der Waals surface area contributed by atoms with Gasteiger partial charge in [0.15, 0.2) is 0 Å². The zero-order valence-corrected chi connectivity index (χ0v) is 12.2. The highest BCUT2D eigenvalue weighted by Gasteiger charge is 2.14. The number of nitrogens with one attached hydrogen (secondary N) is 1. The molecule has 6 heteroatoms. The van der Waals surface area contributed by atoms with Crippen LogP contribution in [-0.4, -0.2) is 13.0 Å². The molecule has 2 rings (SSSR count). The smallest absolute Gasteiger partial charge is 0.259 e. The van der Waals surface area contributed by atoms with E-state index in [9.17, 15) is 9.18 Å². The number of carbonyl (C=O) groups excluding carboxylic acids is 1. The number of benzene rings is 2. The molecule has 2 aromatic rings. The van der Waals surface area contributed by atoms with Crippen molar-refractivity contribution in [3.05, 3.63) is 52.3 Å². The fraction of sp³-hybridized carbons (Fsp3) is 0.0714. The Hall–Kier alpha value is -2.08. The lowest BCUT2D eigenvalue weighted by atomic mass is 10.1. The Labute approximate surface area is 123 Å². The first kappa shape index (κ1) is 14.3. The maximum atomic E-state index is 13.0. The molecule has 0 radical (unpaired) electrons. The van der Waals surface area contributed by atoms with Gasteiger partial charge in [-0.1, -0.05) is 0 Å². The molecule has 0 aliphatic heterocycles. The number of rotatable bonds is 3. The molecule has 0 aliphatic rings. The second kappa shape index (κ2) is 5.92. The molecule has 0 saturated heterocycles. The van der Waals surface area contributed by atoms with Gasteiger partial charge in [0.05, 0.1) is 18.4 Å². The Morgan fingerprint density at radius 1 is 1.30 bits per heavy atom. The van der Waals surface area contributed by atoms with E-state index < -0.39 is 0 Å². The van der Waals surface area contributed by atoms with E-state index >= 15 is 0 Å². The highest BCUT2D eigenvalue weighted by Crippen LogP contribution is 2.26. The van der Waals surface area contributed by atoms with E-state index in [2.05, 4.69) is 21.2 Å². The number of nitrogens with two attached hydrogens (primary N) is 1. The van der Waals surface area contributed by atoms with E-state index in [4.69, 9.17) is 10.5 Å². The third kappa shape index (κ3) is 3.08. The molecule has 1 amide bonds. The molecule has 0 atom stereocenters. The molecule has 0 bridgehead atoms. The van der Waals surface area contributed by atoms with Gasteiger partial charge in [0.25, 0.3) is 5.91 Å². The molecule has 2 aromatic carbocycles. The van der Waals surface area contributed by atoms with Crippen LogP contribution < -0.4 is 15.8 Å². The third-order valence-corrected chi connectivity index (χ3v) is 3.31. The maximum absolute atomic E-state index is 13.0. The summed E-state index contributed by atoms with van der Waals surface area (Å²) in [5, 5.41) is 2.67. The van der Waals surface area contributed by atoms with Gasteiger partial charge >= 0.3 is 0 Å². The predicted molar refractivity (Wildman–Crippen MR) is 79.5 cm³/mol. The highest BCUT2D eigenvalue weighted by molar-refractivity contribution is 9.10. The van der Waals surface area contributed by atoms with Crippen LogP contribution in [0.25, 0.3) is 0 Å². The monoisotopic (exact) mass is 338 g/mol. The fourth-order valence-corrected chi connectivity index (χ4v) is 2.13. The molecular weight excluding hydrogens is 327 g/mol. The van der Waals surface area contributed by atoms with Crippen molar-refractivity contribution in [2.24, 2.45) is 0 Å².